The van der Waals surface area contributed by atoms with E-state index in [0.717, 1.165) is 44.9 Å². The molecule has 6 nitrogen and oxygen atoms in total. The summed E-state index contributed by atoms with van der Waals surface area (Å²) in [6.45, 7) is 4.89. The molecule has 0 rings (SSSR count). The van der Waals surface area contributed by atoms with E-state index in [1.165, 1.54) is 225 Å². The van der Waals surface area contributed by atoms with Crippen molar-refractivity contribution in [2.24, 2.45) is 0 Å². The average molecular weight is 874 g/mol. The van der Waals surface area contributed by atoms with Crippen molar-refractivity contribution in [3.63, 3.8) is 0 Å². The number of carbonyl (C=O) groups excluding carboxylic acids is 2. The van der Waals surface area contributed by atoms with Gasteiger partial charge in [-0.3, -0.25) is 9.59 Å². The van der Waals surface area contributed by atoms with Gasteiger partial charge in [0.1, 0.15) is 0 Å². The zero-order valence-corrected chi connectivity index (χ0v) is 41.6. The molecule has 0 aliphatic carbocycles. The van der Waals surface area contributed by atoms with Crippen LogP contribution in [-0.4, -0.2) is 47.4 Å². The number of rotatable bonds is 51. The zero-order chi connectivity index (χ0) is 45.1. The number of aliphatic hydroxyl groups excluding tert-OH is 2. The SMILES string of the molecule is CCCCCCCCCCCC/C=C/C(O)C(CO)NC(=O)CCCCCCCCC/C=C\CCCCCCCCCCCCCOC(=O)CCCCCCCCCCCCC. The van der Waals surface area contributed by atoms with Crippen molar-refractivity contribution in [1.29, 1.82) is 0 Å². The zero-order valence-electron chi connectivity index (χ0n) is 41.6. The Labute approximate surface area is 386 Å². The number of hydrogen-bond donors (Lipinski definition) is 3. The molecule has 0 saturated carbocycles. The highest BCUT2D eigenvalue weighted by molar-refractivity contribution is 5.76. The predicted octanol–water partition coefficient (Wildman–Crippen LogP) is 16.7. The second-order valence-electron chi connectivity index (χ2n) is 18.9. The predicted molar refractivity (Wildman–Crippen MR) is 269 cm³/mol. The van der Waals surface area contributed by atoms with Crippen LogP contribution in [0.25, 0.3) is 0 Å². The van der Waals surface area contributed by atoms with E-state index in [0.29, 0.717) is 19.4 Å². The molecule has 2 atom stereocenters. The first kappa shape index (κ1) is 60.3. The van der Waals surface area contributed by atoms with Crippen LogP contribution in [0.1, 0.15) is 296 Å². The quantitative estimate of drug-likeness (QED) is 0.0321. The van der Waals surface area contributed by atoms with Crippen LogP contribution in [0.5, 0.6) is 0 Å². The molecular weight excluding hydrogens is 767 g/mol. The minimum Gasteiger partial charge on any atom is -0.466 e. The number of hydrogen-bond acceptors (Lipinski definition) is 5. The Morgan fingerprint density at radius 1 is 0.435 bits per heavy atom. The molecule has 62 heavy (non-hydrogen) atoms. The van der Waals surface area contributed by atoms with Crippen molar-refractivity contribution in [2.45, 2.75) is 309 Å². The van der Waals surface area contributed by atoms with E-state index in [1.54, 1.807) is 6.08 Å². The molecular formula is C56H107NO5. The number of unbranched alkanes of at least 4 members (excludes halogenated alkanes) is 38. The lowest BCUT2D eigenvalue weighted by Crippen LogP contribution is -2.45. The van der Waals surface area contributed by atoms with Crippen molar-refractivity contribution in [1.82, 2.24) is 5.32 Å². The summed E-state index contributed by atoms with van der Waals surface area (Å²) in [4.78, 5) is 24.4. The Balaban J connectivity index is 3.43. The highest BCUT2D eigenvalue weighted by atomic mass is 16.5. The van der Waals surface area contributed by atoms with Crippen molar-refractivity contribution in [2.75, 3.05) is 13.2 Å². The Morgan fingerprint density at radius 3 is 1.15 bits per heavy atom. The van der Waals surface area contributed by atoms with Gasteiger partial charge in [0.2, 0.25) is 5.91 Å². The summed E-state index contributed by atoms with van der Waals surface area (Å²) in [5.41, 5.74) is 0. The van der Waals surface area contributed by atoms with Crippen LogP contribution in [-0.2, 0) is 14.3 Å². The van der Waals surface area contributed by atoms with Crippen molar-refractivity contribution in [3.8, 4) is 0 Å². The van der Waals surface area contributed by atoms with E-state index in [2.05, 4.69) is 31.3 Å². The number of carbonyl (C=O) groups is 2. The lowest BCUT2D eigenvalue weighted by atomic mass is 10.0. The third-order valence-corrected chi connectivity index (χ3v) is 12.7. The normalized spacial score (nSPS) is 12.8. The number of allylic oxidation sites excluding steroid dienone is 3. The second-order valence-corrected chi connectivity index (χ2v) is 18.9. The molecule has 0 aliphatic heterocycles. The van der Waals surface area contributed by atoms with E-state index < -0.39 is 12.1 Å². The molecule has 0 aliphatic rings. The molecule has 0 saturated heterocycles. The van der Waals surface area contributed by atoms with Gasteiger partial charge in [-0.1, -0.05) is 250 Å². The van der Waals surface area contributed by atoms with Crippen LogP contribution in [0.15, 0.2) is 24.3 Å². The van der Waals surface area contributed by atoms with Gasteiger partial charge in [-0.15, -0.1) is 0 Å². The molecule has 0 aromatic heterocycles. The van der Waals surface area contributed by atoms with Crippen molar-refractivity contribution < 1.29 is 24.5 Å². The van der Waals surface area contributed by atoms with E-state index in [4.69, 9.17) is 4.74 Å². The van der Waals surface area contributed by atoms with Crippen LogP contribution in [0, 0.1) is 0 Å². The lowest BCUT2D eigenvalue weighted by molar-refractivity contribution is -0.143. The van der Waals surface area contributed by atoms with E-state index >= 15 is 0 Å². The first-order valence-corrected chi connectivity index (χ1v) is 27.6. The highest BCUT2D eigenvalue weighted by Gasteiger charge is 2.18. The van der Waals surface area contributed by atoms with Crippen LogP contribution in [0.4, 0.5) is 0 Å². The molecule has 0 aromatic carbocycles. The Hall–Kier alpha value is -1.66. The molecule has 2 unspecified atom stereocenters. The fourth-order valence-electron chi connectivity index (χ4n) is 8.45. The summed E-state index contributed by atoms with van der Waals surface area (Å²) in [5.74, 6) is -0.0666. The summed E-state index contributed by atoms with van der Waals surface area (Å²) in [6.07, 6.45) is 62.0. The molecule has 0 aromatic rings. The number of ether oxygens (including phenoxy) is 1. The number of nitrogens with one attached hydrogen (secondary N) is 1. The minimum atomic E-state index is -0.847. The summed E-state index contributed by atoms with van der Waals surface area (Å²) < 4.78 is 5.46. The Bertz CT molecular complexity index is 966. The average Bonchev–Trinajstić information content (AvgIpc) is 3.27. The summed E-state index contributed by atoms with van der Waals surface area (Å²) in [6, 6.07) is -0.631. The van der Waals surface area contributed by atoms with Gasteiger partial charge in [0.05, 0.1) is 25.4 Å². The van der Waals surface area contributed by atoms with Gasteiger partial charge < -0.3 is 20.3 Å². The fraction of sp³-hybridized carbons (Fsp3) is 0.893. The van der Waals surface area contributed by atoms with Gasteiger partial charge in [0, 0.05) is 12.8 Å². The van der Waals surface area contributed by atoms with Crippen LogP contribution < -0.4 is 5.32 Å². The van der Waals surface area contributed by atoms with Crippen molar-refractivity contribution >= 4 is 11.9 Å². The largest absolute Gasteiger partial charge is 0.466 e. The summed E-state index contributed by atoms with van der Waals surface area (Å²) >= 11 is 0. The molecule has 0 spiro atoms. The number of esters is 1. The maximum absolute atomic E-state index is 12.4. The lowest BCUT2D eigenvalue weighted by Gasteiger charge is -2.20. The first-order valence-electron chi connectivity index (χ1n) is 27.6. The molecule has 366 valence electrons. The van der Waals surface area contributed by atoms with Crippen LogP contribution in [0.3, 0.4) is 0 Å². The second kappa shape index (κ2) is 52.0. The molecule has 0 heterocycles. The van der Waals surface area contributed by atoms with Gasteiger partial charge in [0.25, 0.3) is 0 Å². The maximum atomic E-state index is 12.4. The Morgan fingerprint density at radius 2 is 0.758 bits per heavy atom. The first-order chi connectivity index (χ1) is 30.5. The molecule has 0 bridgehead atoms. The van der Waals surface area contributed by atoms with E-state index in [9.17, 15) is 19.8 Å². The van der Waals surface area contributed by atoms with Gasteiger partial charge in [-0.25, -0.2) is 0 Å². The summed E-state index contributed by atoms with van der Waals surface area (Å²) in [5, 5.41) is 23.0. The monoisotopic (exact) mass is 874 g/mol. The molecule has 3 N–H and O–H groups in total. The smallest absolute Gasteiger partial charge is 0.305 e. The number of aliphatic hydroxyl groups is 2. The van der Waals surface area contributed by atoms with Crippen LogP contribution in [0.2, 0.25) is 0 Å². The summed E-state index contributed by atoms with van der Waals surface area (Å²) in [7, 11) is 0. The van der Waals surface area contributed by atoms with Gasteiger partial charge in [0.15, 0.2) is 0 Å². The molecule has 1 amide bonds. The molecule has 0 radical (unpaired) electrons. The highest BCUT2D eigenvalue weighted by Crippen LogP contribution is 2.16. The topological polar surface area (TPSA) is 95.9 Å². The maximum Gasteiger partial charge on any atom is 0.305 e. The standard InChI is InChI=1S/C56H107NO5/c1-3-5-7-9-11-13-15-29-32-36-40-44-48-54(59)53(52-58)57-55(60)49-45-41-37-33-30-26-24-22-20-18-16-17-19-21-23-25-27-31-35-39-43-47-51-62-56(61)50-46-42-38-34-28-14-12-10-8-6-4-2/h18,20,44,48,53-54,58-59H,3-17,19,21-43,45-47,49-52H2,1-2H3,(H,57,60)/b20-18-,48-44+. The molecule has 6 heteroatoms. The Kier molecular flexibility index (Phi) is 50.6. The van der Waals surface area contributed by atoms with Crippen LogP contribution >= 0.6 is 0 Å². The third kappa shape index (κ3) is 47.8. The van der Waals surface area contributed by atoms with Gasteiger partial charge >= 0.3 is 5.97 Å². The third-order valence-electron chi connectivity index (χ3n) is 12.7. The molecule has 0 fully saturated rings. The van der Waals surface area contributed by atoms with Gasteiger partial charge in [-0.05, 0) is 57.8 Å². The van der Waals surface area contributed by atoms with Crippen molar-refractivity contribution in [3.05, 3.63) is 24.3 Å². The van der Waals surface area contributed by atoms with E-state index in [-0.39, 0.29) is 18.5 Å². The fourth-order valence-corrected chi connectivity index (χ4v) is 8.45. The minimum absolute atomic E-state index is 0.00882. The van der Waals surface area contributed by atoms with Gasteiger partial charge in [-0.2, -0.15) is 0 Å². The number of amides is 1. The van der Waals surface area contributed by atoms with E-state index in [1.807, 2.05) is 6.08 Å².